The van der Waals surface area contributed by atoms with Gasteiger partial charge >= 0.3 is 0 Å². The Morgan fingerprint density at radius 1 is 1.09 bits per heavy atom. The van der Waals surface area contributed by atoms with Crippen molar-refractivity contribution in [1.29, 1.82) is 0 Å². The topological polar surface area (TPSA) is 171 Å². The maximum Gasteiger partial charge on any atom is 0.202 e. The van der Waals surface area contributed by atoms with Crippen LogP contribution in [0.4, 0.5) is 0 Å². The number of phenols is 2. The van der Waals surface area contributed by atoms with Gasteiger partial charge in [0.25, 0.3) is 0 Å². The molecule has 3 saturated heterocycles. The zero-order valence-corrected chi connectivity index (χ0v) is 26.0. The summed E-state index contributed by atoms with van der Waals surface area (Å²) in [4.78, 5) is 42.9. The summed E-state index contributed by atoms with van der Waals surface area (Å²) < 4.78 is 35.6. The van der Waals surface area contributed by atoms with Gasteiger partial charge in [-0.05, 0) is 13.0 Å². The third kappa shape index (κ3) is 4.52. The number of fused-ring (bicyclic) bond motifs is 6. The number of ketones is 3. The number of carbonyl (C=O) groups is 3. The highest BCUT2D eigenvalue weighted by atomic mass is 16.7. The second-order valence-corrected chi connectivity index (χ2v) is 12.5. The fourth-order valence-corrected chi connectivity index (χ4v) is 7.87. The molecule has 3 aliphatic heterocycles. The van der Waals surface area contributed by atoms with Gasteiger partial charge in [0.2, 0.25) is 5.78 Å². The van der Waals surface area contributed by atoms with Crippen LogP contribution in [-0.2, 0) is 34.9 Å². The Kier molecular flexibility index (Phi) is 7.71. The van der Waals surface area contributed by atoms with E-state index in [9.17, 15) is 29.7 Å². The van der Waals surface area contributed by atoms with Crippen LogP contribution in [0.3, 0.4) is 0 Å². The molecule has 0 saturated carbocycles. The molecule has 46 heavy (non-hydrogen) atoms. The Balaban J connectivity index is 1.30. The van der Waals surface area contributed by atoms with E-state index in [4.69, 9.17) is 28.4 Å². The van der Waals surface area contributed by atoms with E-state index in [0.29, 0.717) is 19.6 Å². The fraction of sp³-hybridized carbons (Fsp3) is 0.545. The lowest BCUT2D eigenvalue weighted by molar-refractivity contribution is -0.256. The number of nitrogens with zero attached hydrogens (tertiary/aromatic N) is 1. The lowest BCUT2D eigenvalue weighted by Gasteiger charge is -2.43. The van der Waals surface area contributed by atoms with Gasteiger partial charge in [0.05, 0.1) is 42.6 Å². The zero-order valence-electron chi connectivity index (χ0n) is 26.0. The van der Waals surface area contributed by atoms with Gasteiger partial charge in [-0.25, -0.2) is 0 Å². The monoisotopic (exact) mass is 639 g/mol. The Bertz CT molecular complexity index is 1620. The summed E-state index contributed by atoms with van der Waals surface area (Å²) in [5.74, 6) is -2.90. The lowest BCUT2D eigenvalue weighted by atomic mass is 9.71. The molecule has 5 aliphatic rings. The number of hydrogen-bond acceptors (Lipinski definition) is 13. The summed E-state index contributed by atoms with van der Waals surface area (Å²) in [5.41, 5.74) is -2.80. The zero-order chi connectivity index (χ0) is 32.7. The van der Waals surface area contributed by atoms with Gasteiger partial charge < -0.3 is 43.7 Å². The Morgan fingerprint density at radius 2 is 1.85 bits per heavy atom. The van der Waals surface area contributed by atoms with E-state index >= 15 is 0 Å². The van der Waals surface area contributed by atoms with Crippen LogP contribution in [0.25, 0.3) is 0 Å². The minimum absolute atomic E-state index is 0.00202. The van der Waals surface area contributed by atoms with Crippen molar-refractivity contribution in [2.75, 3.05) is 27.4 Å². The molecule has 0 bridgehead atoms. The normalized spacial score (nSPS) is 33.5. The summed E-state index contributed by atoms with van der Waals surface area (Å²) in [5, 5.41) is 35.1. The summed E-state index contributed by atoms with van der Waals surface area (Å²) in [6.07, 6.45) is -4.12. The van der Waals surface area contributed by atoms with E-state index in [-0.39, 0.29) is 65.0 Å². The van der Waals surface area contributed by atoms with E-state index < -0.39 is 71.0 Å². The van der Waals surface area contributed by atoms with Crippen molar-refractivity contribution < 1.29 is 58.1 Å². The summed E-state index contributed by atoms with van der Waals surface area (Å²) in [7, 11) is 2.92. The van der Waals surface area contributed by atoms with Crippen LogP contribution >= 0.6 is 0 Å². The molecule has 2 aromatic carbocycles. The SMILES string of the molecule is CCC(=O)[C@]1(O)Cc2c(O)c3c(c(O)c2[C@@H](O[C@H]2C[C@H]4[C@H](O[C@@H]5[C@@H](OC)OCCN54)[C@H](C)O2)C1)C(=O)c1c(OC)cccc1C3=O. The smallest absolute Gasteiger partial charge is 0.202 e. The van der Waals surface area contributed by atoms with E-state index in [2.05, 4.69) is 4.90 Å². The van der Waals surface area contributed by atoms with E-state index in [1.165, 1.54) is 19.2 Å². The standard InChI is InChI=1S/C33H37NO12/c1-5-20(35)33(40)12-16-23(29(39)25-24(27(16)37)26(36)15-7-6-8-18(41-3)22(15)28(25)38)19(13-33)45-21-11-17-30(14(2)44-21)46-31-32(42-4)43-10-9-34(17)31/h6-8,14,17,19,21,30-32,37,39-40H,5,9-13H2,1-4H3/t14-,17-,19-,21-,30+,31+,32-,33-/m0/s1. The molecule has 246 valence electrons. The number of Topliss-reactive ketones (excluding diaryl/α,β-unsaturated/α-hetero) is 1. The van der Waals surface area contributed by atoms with E-state index in [0.717, 1.165) is 0 Å². The number of aliphatic hydroxyl groups is 1. The number of benzene rings is 2. The van der Waals surface area contributed by atoms with Crippen LogP contribution in [0.5, 0.6) is 17.2 Å². The maximum atomic E-state index is 13.9. The van der Waals surface area contributed by atoms with Crippen molar-refractivity contribution in [3.05, 3.63) is 51.6 Å². The number of phenolic OH excluding ortho intramolecular Hbond substituents is 2. The van der Waals surface area contributed by atoms with Gasteiger partial charge in [0, 0.05) is 62.1 Å². The highest BCUT2D eigenvalue weighted by molar-refractivity contribution is 6.31. The van der Waals surface area contributed by atoms with Crippen molar-refractivity contribution in [3.8, 4) is 17.2 Å². The average Bonchev–Trinajstić information content (AvgIpc) is 3.43. The molecule has 0 spiro atoms. The van der Waals surface area contributed by atoms with Crippen molar-refractivity contribution in [1.82, 2.24) is 4.90 Å². The minimum Gasteiger partial charge on any atom is -0.507 e. The molecule has 3 N–H and O–H groups in total. The molecule has 0 unspecified atom stereocenters. The van der Waals surface area contributed by atoms with Crippen molar-refractivity contribution in [3.63, 3.8) is 0 Å². The Hall–Kier alpha value is -3.43. The predicted octanol–water partition coefficient (Wildman–Crippen LogP) is 2.13. The Morgan fingerprint density at radius 3 is 2.57 bits per heavy atom. The van der Waals surface area contributed by atoms with Crippen LogP contribution in [0.2, 0.25) is 0 Å². The molecule has 0 radical (unpaired) electrons. The molecule has 3 heterocycles. The first kappa shape index (κ1) is 31.2. The minimum atomic E-state index is -1.98. The number of aromatic hydroxyl groups is 2. The third-order valence-corrected chi connectivity index (χ3v) is 10.0. The quantitative estimate of drug-likeness (QED) is 0.336. The predicted molar refractivity (Wildman–Crippen MR) is 157 cm³/mol. The molecular formula is C33H37NO12. The van der Waals surface area contributed by atoms with Crippen molar-refractivity contribution >= 4 is 17.3 Å². The Labute approximate surface area is 264 Å². The van der Waals surface area contributed by atoms with Crippen molar-refractivity contribution in [2.45, 2.75) is 88.3 Å². The van der Waals surface area contributed by atoms with Gasteiger partial charge in [0.1, 0.15) is 29.0 Å². The molecule has 13 heteroatoms. The van der Waals surface area contributed by atoms with Crippen molar-refractivity contribution in [2.24, 2.45) is 0 Å². The van der Waals surface area contributed by atoms with Crippen LogP contribution in [-0.4, -0.2) is 108 Å². The average molecular weight is 640 g/mol. The molecule has 7 rings (SSSR count). The second kappa shape index (κ2) is 11.4. The van der Waals surface area contributed by atoms with Gasteiger partial charge in [-0.15, -0.1) is 0 Å². The summed E-state index contributed by atoms with van der Waals surface area (Å²) in [6.45, 7) is 4.52. The number of ether oxygens (including phenoxy) is 6. The van der Waals surface area contributed by atoms with Crippen LogP contribution in [0.15, 0.2) is 18.2 Å². The van der Waals surface area contributed by atoms with Crippen LogP contribution in [0.1, 0.15) is 82.2 Å². The van der Waals surface area contributed by atoms with Crippen LogP contribution in [0, 0.1) is 0 Å². The first-order valence-electron chi connectivity index (χ1n) is 15.5. The highest BCUT2D eigenvalue weighted by Gasteiger charge is 2.55. The molecule has 0 amide bonds. The van der Waals surface area contributed by atoms with Crippen LogP contribution < -0.4 is 4.74 Å². The molecule has 8 atom stereocenters. The van der Waals surface area contributed by atoms with E-state index in [1.54, 1.807) is 20.1 Å². The molecule has 13 nitrogen and oxygen atoms in total. The maximum absolute atomic E-state index is 13.9. The van der Waals surface area contributed by atoms with Gasteiger partial charge in [-0.2, -0.15) is 0 Å². The number of rotatable bonds is 6. The first-order valence-corrected chi connectivity index (χ1v) is 15.5. The third-order valence-electron chi connectivity index (χ3n) is 10.0. The number of hydrogen-bond donors (Lipinski definition) is 3. The number of morpholine rings is 1. The summed E-state index contributed by atoms with van der Waals surface area (Å²) in [6, 6.07) is 4.39. The largest absolute Gasteiger partial charge is 0.507 e. The summed E-state index contributed by atoms with van der Waals surface area (Å²) >= 11 is 0. The van der Waals surface area contributed by atoms with Gasteiger partial charge in [-0.1, -0.05) is 19.1 Å². The lowest BCUT2D eigenvalue weighted by Crippen LogP contribution is -2.55. The fourth-order valence-electron chi connectivity index (χ4n) is 7.87. The van der Waals surface area contributed by atoms with Gasteiger partial charge in [-0.3, -0.25) is 19.3 Å². The first-order chi connectivity index (χ1) is 22.0. The number of methoxy groups -OCH3 is 2. The highest BCUT2D eigenvalue weighted by Crippen LogP contribution is 2.53. The number of carbonyl (C=O) groups excluding carboxylic acids is 3. The van der Waals surface area contributed by atoms with Gasteiger partial charge in [0.15, 0.2) is 30.4 Å². The molecule has 2 aromatic rings. The molecular weight excluding hydrogens is 602 g/mol. The molecule has 3 fully saturated rings. The second-order valence-electron chi connectivity index (χ2n) is 12.5. The molecule has 0 aromatic heterocycles. The van der Waals surface area contributed by atoms with E-state index in [1.807, 2.05) is 6.92 Å². The molecule has 2 aliphatic carbocycles.